The summed E-state index contributed by atoms with van der Waals surface area (Å²) in [5.74, 6) is -0.962. The molecule has 3 nitrogen and oxygen atoms in total. The van der Waals surface area contributed by atoms with Crippen LogP contribution in [0, 0.1) is 5.92 Å². The van der Waals surface area contributed by atoms with Gasteiger partial charge in [0.2, 0.25) is 0 Å². The SMILES string of the molecule is C=C(CC(O)C(C)C)C(=O)O. The minimum absolute atomic E-state index is 0.0613. The average Bonchev–Trinajstić information content (AvgIpc) is 1.87. The number of aliphatic hydroxyl groups excluding tert-OH is 1. The summed E-state index contributed by atoms with van der Waals surface area (Å²) >= 11 is 0. The van der Waals surface area contributed by atoms with Crippen LogP contribution in [0.4, 0.5) is 0 Å². The van der Waals surface area contributed by atoms with Gasteiger partial charge in [0.15, 0.2) is 0 Å². The molecule has 0 saturated carbocycles. The molecule has 0 fully saturated rings. The zero-order valence-corrected chi connectivity index (χ0v) is 6.87. The van der Waals surface area contributed by atoms with Crippen molar-refractivity contribution in [3.8, 4) is 0 Å². The van der Waals surface area contributed by atoms with Gasteiger partial charge in [-0.15, -0.1) is 0 Å². The second kappa shape index (κ2) is 4.13. The first kappa shape index (κ1) is 10.2. The van der Waals surface area contributed by atoms with Crippen LogP contribution in [0.5, 0.6) is 0 Å². The summed E-state index contributed by atoms with van der Waals surface area (Å²) in [7, 11) is 0. The van der Waals surface area contributed by atoms with Crippen LogP contribution in [0.1, 0.15) is 20.3 Å². The first-order chi connectivity index (χ1) is 4.95. The van der Waals surface area contributed by atoms with Gasteiger partial charge in [-0.1, -0.05) is 20.4 Å². The number of aliphatic carboxylic acids is 1. The molecule has 11 heavy (non-hydrogen) atoms. The van der Waals surface area contributed by atoms with Crippen LogP contribution < -0.4 is 0 Å². The molecule has 0 aliphatic heterocycles. The lowest BCUT2D eigenvalue weighted by molar-refractivity contribution is -0.133. The van der Waals surface area contributed by atoms with Gasteiger partial charge in [0, 0.05) is 12.0 Å². The van der Waals surface area contributed by atoms with Crippen molar-refractivity contribution in [1.29, 1.82) is 0 Å². The van der Waals surface area contributed by atoms with E-state index in [4.69, 9.17) is 5.11 Å². The number of carbonyl (C=O) groups is 1. The van der Waals surface area contributed by atoms with Gasteiger partial charge in [0.05, 0.1) is 6.10 Å². The lowest BCUT2D eigenvalue weighted by Crippen LogP contribution is -2.17. The van der Waals surface area contributed by atoms with E-state index in [9.17, 15) is 9.90 Å². The van der Waals surface area contributed by atoms with E-state index in [1.807, 2.05) is 13.8 Å². The Morgan fingerprint density at radius 1 is 1.55 bits per heavy atom. The maximum atomic E-state index is 10.2. The third kappa shape index (κ3) is 3.78. The quantitative estimate of drug-likeness (QED) is 0.601. The van der Waals surface area contributed by atoms with Crippen molar-refractivity contribution < 1.29 is 15.0 Å². The number of hydrogen-bond acceptors (Lipinski definition) is 2. The molecule has 1 atom stereocenters. The van der Waals surface area contributed by atoms with E-state index in [0.717, 1.165) is 0 Å². The van der Waals surface area contributed by atoms with Crippen molar-refractivity contribution in [2.75, 3.05) is 0 Å². The van der Waals surface area contributed by atoms with Gasteiger partial charge in [0.1, 0.15) is 0 Å². The van der Waals surface area contributed by atoms with Gasteiger partial charge in [-0.25, -0.2) is 4.79 Å². The molecular weight excluding hydrogens is 144 g/mol. The fourth-order valence-electron chi connectivity index (χ4n) is 0.575. The Bertz CT molecular complexity index is 161. The van der Waals surface area contributed by atoms with Gasteiger partial charge in [-0.2, -0.15) is 0 Å². The topological polar surface area (TPSA) is 57.5 Å². The molecule has 0 amide bonds. The van der Waals surface area contributed by atoms with Crippen molar-refractivity contribution in [1.82, 2.24) is 0 Å². The summed E-state index contributed by atoms with van der Waals surface area (Å²) in [5.41, 5.74) is 0.0613. The van der Waals surface area contributed by atoms with Crippen LogP contribution >= 0.6 is 0 Å². The van der Waals surface area contributed by atoms with E-state index in [-0.39, 0.29) is 17.9 Å². The minimum atomic E-state index is -1.04. The fourth-order valence-corrected chi connectivity index (χ4v) is 0.575. The van der Waals surface area contributed by atoms with E-state index in [0.29, 0.717) is 0 Å². The molecule has 0 saturated heterocycles. The van der Waals surface area contributed by atoms with Gasteiger partial charge < -0.3 is 10.2 Å². The maximum Gasteiger partial charge on any atom is 0.331 e. The Labute approximate surface area is 66.4 Å². The van der Waals surface area contributed by atoms with E-state index in [1.165, 1.54) is 0 Å². The van der Waals surface area contributed by atoms with Crippen LogP contribution in [-0.2, 0) is 4.79 Å². The van der Waals surface area contributed by atoms with Crippen LogP contribution in [-0.4, -0.2) is 22.3 Å². The first-order valence-corrected chi connectivity index (χ1v) is 3.54. The van der Waals surface area contributed by atoms with E-state index >= 15 is 0 Å². The molecule has 0 aromatic heterocycles. The molecular formula is C8H14O3. The molecule has 0 aliphatic carbocycles. The van der Waals surface area contributed by atoms with Crippen LogP contribution in [0.15, 0.2) is 12.2 Å². The van der Waals surface area contributed by atoms with Crippen molar-refractivity contribution in [3.05, 3.63) is 12.2 Å². The molecule has 1 unspecified atom stereocenters. The highest BCUT2D eigenvalue weighted by Crippen LogP contribution is 2.10. The lowest BCUT2D eigenvalue weighted by Gasteiger charge is -2.13. The van der Waals surface area contributed by atoms with Crippen LogP contribution in [0.3, 0.4) is 0 Å². The van der Waals surface area contributed by atoms with E-state index in [2.05, 4.69) is 6.58 Å². The third-order valence-electron chi connectivity index (χ3n) is 1.53. The minimum Gasteiger partial charge on any atom is -0.478 e. The molecule has 0 radical (unpaired) electrons. The molecule has 0 heterocycles. The summed E-state index contributed by atoms with van der Waals surface area (Å²) in [6, 6.07) is 0. The average molecular weight is 158 g/mol. The van der Waals surface area contributed by atoms with Crippen molar-refractivity contribution in [2.45, 2.75) is 26.4 Å². The molecule has 0 aliphatic rings. The summed E-state index contributed by atoms with van der Waals surface area (Å²) in [4.78, 5) is 10.2. The number of carboxylic acid groups (broad SMARTS) is 1. The molecule has 3 heteroatoms. The zero-order chi connectivity index (χ0) is 9.02. The Hall–Kier alpha value is -0.830. The molecule has 0 spiro atoms. The normalized spacial score (nSPS) is 13.1. The van der Waals surface area contributed by atoms with E-state index < -0.39 is 12.1 Å². The molecule has 0 rings (SSSR count). The van der Waals surface area contributed by atoms with Gasteiger partial charge in [0.25, 0.3) is 0 Å². The summed E-state index contributed by atoms with van der Waals surface area (Å²) < 4.78 is 0. The molecule has 64 valence electrons. The highest BCUT2D eigenvalue weighted by atomic mass is 16.4. The maximum absolute atomic E-state index is 10.2. The Balaban J connectivity index is 3.85. The Kier molecular flexibility index (Phi) is 3.82. The fraction of sp³-hybridized carbons (Fsp3) is 0.625. The smallest absolute Gasteiger partial charge is 0.331 e. The van der Waals surface area contributed by atoms with Crippen LogP contribution in [0.25, 0.3) is 0 Å². The monoisotopic (exact) mass is 158 g/mol. The Morgan fingerprint density at radius 3 is 2.27 bits per heavy atom. The number of rotatable bonds is 4. The number of hydrogen-bond donors (Lipinski definition) is 2. The zero-order valence-electron chi connectivity index (χ0n) is 6.87. The number of aliphatic hydroxyl groups is 1. The summed E-state index contributed by atoms with van der Waals surface area (Å²) in [6.07, 6.45) is -0.453. The first-order valence-electron chi connectivity index (χ1n) is 3.54. The lowest BCUT2D eigenvalue weighted by atomic mass is 10.0. The molecule has 0 aromatic carbocycles. The van der Waals surface area contributed by atoms with Crippen LogP contribution in [0.2, 0.25) is 0 Å². The number of carboxylic acids is 1. The molecule has 0 aromatic rings. The largest absolute Gasteiger partial charge is 0.478 e. The predicted molar refractivity (Wildman–Crippen MR) is 42.2 cm³/mol. The van der Waals surface area contributed by atoms with Gasteiger partial charge in [-0.05, 0) is 5.92 Å². The standard InChI is InChI=1S/C8H14O3/c1-5(2)7(9)4-6(3)8(10)11/h5,7,9H,3-4H2,1-2H3,(H,10,11). The van der Waals surface area contributed by atoms with Gasteiger partial charge in [-0.3, -0.25) is 0 Å². The highest BCUT2D eigenvalue weighted by molar-refractivity contribution is 5.85. The summed E-state index contributed by atoms with van der Waals surface area (Å²) in [6.45, 7) is 6.98. The van der Waals surface area contributed by atoms with Crippen molar-refractivity contribution in [3.63, 3.8) is 0 Å². The third-order valence-corrected chi connectivity index (χ3v) is 1.53. The second-order valence-electron chi connectivity index (χ2n) is 2.92. The van der Waals surface area contributed by atoms with Crippen molar-refractivity contribution in [2.24, 2.45) is 5.92 Å². The second-order valence-corrected chi connectivity index (χ2v) is 2.92. The van der Waals surface area contributed by atoms with Gasteiger partial charge >= 0.3 is 5.97 Å². The highest BCUT2D eigenvalue weighted by Gasteiger charge is 2.13. The Morgan fingerprint density at radius 2 is 2.00 bits per heavy atom. The molecule has 2 N–H and O–H groups in total. The van der Waals surface area contributed by atoms with Crippen molar-refractivity contribution >= 4 is 5.97 Å². The molecule has 0 bridgehead atoms. The van der Waals surface area contributed by atoms with E-state index in [1.54, 1.807) is 0 Å². The summed E-state index contributed by atoms with van der Waals surface area (Å²) in [5, 5.41) is 17.6. The predicted octanol–water partition coefficient (Wildman–Crippen LogP) is 1.03.